The summed E-state index contributed by atoms with van der Waals surface area (Å²) in [6, 6.07) is 12.3. The number of hydrogen-bond acceptors (Lipinski definition) is 5. The van der Waals surface area contributed by atoms with Crippen LogP contribution >= 0.6 is 11.6 Å². The number of para-hydroxylation sites is 1. The van der Waals surface area contributed by atoms with Gasteiger partial charge in [0, 0.05) is 30.1 Å². The van der Waals surface area contributed by atoms with Crippen LogP contribution < -0.4 is 11.1 Å². The number of carbonyl (C=O) groups excluding carboxylic acids is 1. The molecule has 0 radical (unpaired) electrons. The predicted molar refractivity (Wildman–Crippen MR) is 114 cm³/mol. The van der Waals surface area contributed by atoms with Crippen molar-refractivity contribution >= 4 is 28.4 Å². The summed E-state index contributed by atoms with van der Waals surface area (Å²) in [7, 11) is 0. The molecule has 1 fully saturated rings. The molecule has 0 bridgehead atoms. The molecule has 0 spiro atoms. The molecule has 0 unspecified atom stereocenters. The van der Waals surface area contributed by atoms with E-state index in [1.807, 2.05) is 24.3 Å². The lowest BCUT2D eigenvalue weighted by Gasteiger charge is -2.13. The van der Waals surface area contributed by atoms with Crippen molar-refractivity contribution in [2.75, 3.05) is 0 Å². The molecule has 7 nitrogen and oxygen atoms in total. The zero-order valence-electron chi connectivity index (χ0n) is 16.7. The maximum Gasteiger partial charge on any atom is 0.240 e. The molecule has 1 aliphatic carbocycles. The lowest BCUT2D eigenvalue weighted by molar-refractivity contribution is -0.123. The molecule has 1 saturated carbocycles. The van der Waals surface area contributed by atoms with Crippen molar-refractivity contribution in [3.63, 3.8) is 0 Å². The van der Waals surface area contributed by atoms with Crippen LogP contribution in [-0.2, 0) is 11.3 Å². The Morgan fingerprint density at radius 3 is 2.77 bits per heavy atom. The highest BCUT2D eigenvalue weighted by atomic mass is 35.5. The van der Waals surface area contributed by atoms with Gasteiger partial charge in [0.1, 0.15) is 11.5 Å². The van der Waals surface area contributed by atoms with Crippen LogP contribution in [0.3, 0.4) is 0 Å². The van der Waals surface area contributed by atoms with Crippen molar-refractivity contribution < 1.29 is 13.7 Å². The van der Waals surface area contributed by atoms with Crippen LogP contribution in [0, 0.1) is 12.7 Å². The minimum absolute atomic E-state index is 0.0635. The van der Waals surface area contributed by atoms with E-state index in [9.17, 15) is 9.18 Å². The first-order valence-electron chi connectivity index (χ1n) is 9.83. The first-order valence-corrected chi connectivity index (χ1v) is 10.2. The Hall–Kier alpha value is -3.23. The average Bonchev–Trinajstić information content (AvgIpc) is 3.26. The zero-order valence-corrected chi connectivity index (χ0v) is 17.4. The van der Waals surface area contributed by atoms with Gasteiger partial charge in [0.05, 0.1) is 16.1 Å². The molecule has 5 rings (SSSR count). The first kappa shape index (κ1) is 19.7. The largest absolute Gasteiger partial charge is 0.350 e. The third kappa shape index (κ3) is 3.37. The van der Waals surface area contributed by atoms with Gasteiger partial charge < -0.3 is 20.1 Å². The van der Waals surface area contributed by atoms with E-state index in [4.69, 9.17) is 21.9 Å². The Labute approximate surface area is 182 Å². The fraction of sp³-hybridized carbons (Fsp3) is 0.227. The van der Waals surface area contributed by atoms with Crippen molar-refractivity contribution in [1.29, 1.82) is 0 Å². The number of nitrogens with one attached hydrogen (secondary N) is 1. The quantitative estimate of drug-likeness (QED) is 0.491. The maximum atomic E-state index is 15.0. The molecule has 31 heavy (non-hydrogen) atoms. The molecule has 2 heterocycles. The molecule has 158 valence electrons. The van der Waals surface area contributed by atoms with Gasteiger partial charge in [0.25, 0.3) is 0 Å². The summed E-state index contributed by atoms with van der Waals surface area (Å²) in [5.41, 5.74) is 7.29. The number of carbonyl (C=O) groups is 1. The molecule has 1 aliphatic rings. The molecule has 0 aliphatic heterocycles. The zero-order chi connectivity index (χ0) is 21.8. The Morgan fingerprint density at radius 2 is 2.10 bits per heavy atom. The van der Waals surface area contributed by atoms with Crippen LogP contribution in [0.15, 0.2) is 47.0 Å². The Balaban J connectivity index is 1.56. The van der Waals surface area contributed by atoms with Crippen LogP contribution in [0.5, 0.6) is 0 Å². The lowest BCUT2D eigenvalue weighted by Crippen LogP contribution is -2.42. The van der Waals surface area contributed by atoms with Gasteiger partial charge in [-0.15, -0.1) is 0 Å². The summed E-state index contributed by atoms with van der Waals surface area (Å²) in [5.74, 6) is -0.000606. The molecule has 2 aromatic carbocycles. The summed E-state index contributed by atoms with van der Waals surface area (Å²) < 4.78 is 21.9. The van der Waals surface area contributed by atoms with E-state index < -0.39 is 11.4 Å². The predicted octanol–water partition coefficient (Wildman–Crippen LogP) is 3.89. The van der Waals surface area contributed by atoms with E-state index in [0.717, 1.165) is 10.9 Å². The number of benzene rings is 2. The topological polar surface area (TPSA) is 99.0 Å². The summed E-state index contributed by atoms with van der Waals surface area (Å²) in [5, 5.41) is 7.95. The Morgan fingerprint density at radius 1 is 1.32 bits per heavy atom. The Kier molecular flexibility index (Phi) is 4.56. The number of nitrogens with zero attached hydrogens (tertiary/aromatic N) is 3. The van der Waals surface area contributed by atoms with Gasteiger partial charge in [-0.1, -0.05) is 41.0 Å². The SMILES string of the molecule is Cc1nc(-c2c(Cl)c3ccccc3n2-c2ccc(CNC(=O)C3(N)CC3)c(F)c2)no1. The molecule has 0 atom stereocenters. The summed E-state index contributed by atoms with van der Waals surface area (Å²) in [6.07, 6.45) is 1.31. The number of nitrogens with two attached hydrogens (primary N) is 1. The van der Waals surface area contributed by atoms with E-state index in [1.165, 1.54) is 6.07 Å². The van der Waals surface area contributed by atoms with Crippen molar-refractivity contribution in [1.82, 2.24) is 20.0 Å². The minimum atomic E-state index is -0.797. The average molecular weight is 440 g/mol. The van der Waals surface area contributed by atoms with Gasteiger partial charge in [-0.3, -0.25) is 4.79 Å². The third-order valence-corrected chi connectivity index (χ3v) is 5.91. The third-order valence-electron chi connectivity index (χ3n) is 5.53. The summed E-state index contributed by atoms with van der Waals surface area (Å²) in [4.78, 5) is 16.4. The second-order valence-corrected chi connectivity index (χ2v) is 8.14. The van der Waals surface area contributed by atoms with E-state index in [2.05, 4.69) is 15.5 Å². The highest BCUT2D eigenvalue weighted by Crippen LogP contribution is 2.39. The van der Waals surface area contributed by atoms with E-state index in [1.54, 1.807) is 23.6 Å². The van der Waals surface area contributed by atoms with Gasteiger partial charge in [0.15, 0.2) is 0 Å². The molecule has 3 N–H and O–H groups in total. The molecular weight excluding hydrogens is 421 g/mol. The number of hydrogen-bond donors (Lipinski definition) is 2. The highest BCUT2D eigenvalue weighted by Gasteiger charge is 2.45. The fourth-order valence-electron chi connectivity index (χ4n) is 3.59. The van der Waals surface area contributed by atoms with Crippen molar-refractivity contribution in [2.24, 2.45) is 5.73 Å². The normalized spacial score (nSPS) is 14.7. The van der Waals surface area contributed by atoms with Gasteiger partial charge in [-0.2, -0.15) is 4.98 Å². The van der Waals surface area contributed by atoms with E-state index >= 15 is 0 Å². The minimum Gasteiger partial charge on any atom is -0.350 e. The van der Waals surface area contributed by atoms with Crippen molar-refractivity contribution in [3.05, 3.63) is 64.8 Å². The van der Waals surface area contributed by atoms with Crippen LogP contribution in [0.1, 0.15) is 24.3 Å². The molecule has 0 saturated heterocycles. The van der Waals surface area contributed by atoms with Gasteiger partial charge in [-0.25, -0.2) is 4.39 Å². The maximum absolute atomic E-state index is 15.0. The summed E-state index contributed by atoms with van der Waals surface area (Å²) >= 11 is 6.66. The highest BCUT2D eigenvalue weighted by molar-refractivity contribution is 6.38. The van der Waals surface area contributed by atoms with Crippen LogP contribution in [0.25, 0.3) is 28.1 Å². The number of halogens is 2. The van der Waals surface area contributed by atoms with Crippen LogP contribution in [0.2, 0.25) is 5.02 Å². The van der Waals surface area contributed by atoms with Crippen molar-refractivity contribution in [2.45, 2.75) is 31.8 Å². The number of fused-ring (bicyclic) bond motifs is 1. The van der Waals surface area contributed by atoms with Crippen LogP contribution in [0.4, 0.5) is 4.39 Å². The molecule has 4 aromatic rings. The lowest BCUT2D eigenvalue weighted by atomic mass is 10.1. The first-order chi connectivity index (χ1) is 14.9. The van der Waals surface area contributed by atoms with Gasteiger partial charge >= 0.3 is 0 Å². The molecule has 2 aromatic heterocycles. The monoisotopic (exact) mass is 439 g/mol. The van der Waals surface area contributed by atoms with E-state index in [-0.39, 0.29) is 12.5 Å². The Bertz CT molecular complexity index is 1320. The van der Waals surface area contributed by atoms with E-state index in [0.29, 0.717) is 46.5 Å². The molecular formula is C22H19ClFN5O2. The number of amides is 1. The number of aryl methyl sites for hydroxylation is 1. The van der Waals surface area contributed by atoms with Gasteiger partial charge in [0.2, 0.25) is 17.6 Å². The van der Waals surface area contributed by atoms with Gasteiger partial charge in [-0.05, 0) is 31.0 Å². The molecule has 9 heteroatoms. The summed E-state index contributed by atoms with van der Waals surface area (Å²) in [6.45, 7) is 1.75. The van der Waals surface area contributed by atoms with Crippen molar-refractivity contribution in [3.8, 4) is 17.2 Å². The smallest absolute Gasteiger partial charge is 0.240 e. The fourth-order valence-corrected chi connectivity index (χ4v) is 3.92. The second kappa shape index (κ2) is 7.18. The molecule has 1 amide bonds. The van der Waals surface area contributed by atoms with Crippen LogP contribution in [-0.4, -0.2) is 26.2 Å². The number of rotatable bonds is 5. The second-order valence-electron chi connectivity index (χ2n) is 7.77. The number of aromatic nitrogens is 3. The standard InChI is InChI=1S/C22H19ClFN5O2/c1-12-27-20(28-31-12)19-18(23)15-4-2-3-5-17(15)29(19)14-7-6-13(16(24)10-14)11-26-21(30)22(25)8-9-22/h2-7,10H,8-9,11,25H2,1H3,(H,26,30).